The van der Waals surface area contributed by atoms with Crippen LogP contribution in [-0.4, -0.2) is 6.08 Å². The predicted octanol–water partition coefficient (Wildman–Crippen LogP) is 2.20. The molecular formula is C9H10NO-. The van der Waals surface area contributed by atoms with E-state index >= 15 is 0 Å². The molecule has 1 aromatic carbocycles. The number of aryl methyl sites for hydroxylation is 2. The lowest BCUT2D eigenvalue weighted by Crippen LogP contribution is -1.74. The summed E-state index contributed by atoms with van der Waals surface area (Å²) in [4.78, 5) is 8.24. The monoisotopic (exact) mass is 148 g/mol. The van der Waals surface area contributed by atoms with Gasteiger partial charge in [0.15, 0.2) is 0 Å². The third-order valence-corrected chi connectivity index (χ3v) is 1.43. The summed E-state index contributed by atoms with van der Waals surface area (Å²) in [6.07, 6.45) is 0.500. The number of carbonyl (C=O) groups excluding carboxylic acids is 1. The SMILES string of the molecule is Cc1ccccc1C.[N-]=C=O. The van der Waals surface area contributed by atoms with Gasteiger partial charge in [-0.2, -0.15) is 0 Å². The first kappa shape index (κ1) is 9.60. The second-order valence-electron chi connectivity index (χ2n) is 2.18. The molecule has 1 rings (SSSR count). The highest BCUT2D eigenvalue weighted by atomic mass is 16.1. The Hall–Kier alpha value is -1.40. The van der Waals surface area contributed by atoms with E-state index in [9.17, 15) is 0 Å². The lowest BCUT2D eigenvalue weighted by Gasteiger charge is -1.93. The molecule has 0 heterocycles. The van der Waals surface area contributed by atoms with Crippen LogP contribution in [0.1, 0.15) is 11.1 Å². The van der Waals surface area contributed by atoms with Crippen LogP contribution in [0.3, 0.4) is 0 Å². The molecular weight excluding hydrogens is 138 g/mol. The zero-order valence-electron chi connectivity index (χ0n) is 6.66. The molecule has 2 nitrogen and oxygen atoms in total. The van der Waals surface area contributed by atoms with Gasteiger partial charge in [0.1, 0.15) is 0 Å². The van der Waals surface area contributed by atoms with Gasteiger partial charge in [0.25, 0.3) is 0 Å². The van der Waals surface area contributed by atoms with Crippen LogP contribution in [0.4, 0.5) is 0 Å². The van der Waals surface area contributed by atoms with E-state index < -0.39 is 0 Å². The zero-order chi connectivity index (χ0) is 8.69. The number of hydrogen-bond acceptors (Lipinski definition) is 1. The second kappa shape index (κ2) is 5.39. The second-order valence-corrected chi connectivity index (χ2v) is 2.18. The molecule has 0 amide bonds. The summed E-state index contributed by atoms with van der Waals surface area (Å²) in [6.45, 7) is 4.24. The smallest absolute Gasteiger partial charge is 0.0159 e. The Morgan fingerprint density at radius 2 is 1.45 bits per heavy atom. The van der Waals surface area contributed by atoms with Crippen LogP contribution in [0.5, 0.6) is 0 Å². The maximum atomic E-state index is 8.24. The highest BCUT2D eigenvalue weighted by Crippen LogP contribution is 2.02. The minimum atomic E-state index is 0.500. The Bertz CT molecular complexity index is 228. The normalized spacial score (nSPS) is 7.45. The maximum Gasteiger partial charge on any atom is -0.0159 e. The van der Waals surface area contributed by atoms with Crippen LogP contribution in [0.15, 0.2) is 24.3 Å². The highest BCUT2D eigenvalue weighted by molar-refractivity contribution is 5.36. The van der Waals surface area contributed by atoms with Crippen molar-refractivity contribution >= 4 is 6.08 Å². The standard InChI is InChI=1S/C8H10.CNO/c1-7-5-3-4-6-8(7)2;2-1-3/h3-6H,1-2H3;/q;-1. The molecule has 0 fully saturated rings. The van der Waals surface area contributed by atoms with Crippen LogP contribution in [0, 0.1) is 13.8 Å². The van der Waals surface area contributed by atoms with E-state index in [1.807, 2.05) is 0 Å². The molecule has 0 unspecified atom stereocenters. The Morgan fingerprint density at radius 1 is 1.18 bits per heavy atom. The minimum Gasteiger partial charge on any atom is -0.724 e. The molecule has 0 saturated carbocycles. The molecule has 0 aliphatic rings. The molecule has 2 heteroatoms. The molecule has 0 spiro atoms. The average Bonchev–Trinajstić information content (AvgIpc) is 1.97. The molecule has 0 saturated heterocycles. The van der Waals surface area contributed by atoms with Crippen molar-refractivity contribution in [3.8, 4) is 0 Å². The van der Waals surface area contributed by atoms with E-state index in [4.69, 9.17) is 10.2 Å². The molecule has 0 aliphatic heterocycles. The molecule has 0 aliphatic carbocycles. The quantitative estimate of drug-likeness (QED) is 0.410. The first-order valence-corrected chi connectivity index (χ1v) is 3.26. The summed E-state index contributed by atoms with van der Waals surface area (Å²) >= 11 is 0. The summed E-state index contributed by atoms with van der Waals surface area (Å²) in [5.41, 5.74) is 2.74. The number of hydrogen-bond donors (Lipinski definition) is 0. The molecule has 1 aromatic rings. The van der Waals surface area contributed by atoms with Crippen molar-refractivity contribution in [3.05, 3.63) is 40.8 Å². The van der Waals surface area contributed by atoms with E-state index in [0.717, 1.165) is 0 Å². The van der Waals surface area contributed by atoms with Crippen molar-refractivity contribution in [2.75, 3.05) is 0 Å². The molecule has 0 aromatic heterocycles. The number of isocyanates is 1. The van der Waals surface area contributed by atoms with Gasteiger partial charge in [-0.15, -0.1) is 0 Å². The molecule has 58 valence electrons. The van der Waals surface area contributed by atoms with Crippen LogP contribution in [0.25, 0.3) is 5.41 Å². The van der Waals surface area contributed by atoms with E-state index in [1.165, 1.54) is 11.1 Å². The lowest BCUT2D eigenvalue weighted by atomic mass is 10.1. The highest BCUT2D eigenvalue weighted by Gasteiger charge is 1.83. The van der Waals surface area contributed by atoms with Crippen molar-refractivity contribution in [1.29, 1.82) is 0 Å². The average molecular weight is 148 g/mol. The van der Waals surface area contributed by atoms with Gasteiger partial charge in [-0.1, -0.05) is 24.3 Å². The predicted molar refractivity (Wildman–Crippen MR) is 45.0 cm³/mol. The summed E-state index contributed by atoms with van der Waals surface area (Å²) in [6, 6.07) is 8.36. The van der Waals surface area contributed by atoms with Gasteiger partial charge in [0.2, 0.25) is 0 Å². The third kappa shape index (κ3) is 4.06. The first-order chi connectivity index (χ1) is 5.22. The van der Waals surface area contributed by atoms with E-state index in [1.54, 1.807) is 0 Å². The van der Waals surface area contributed by atoms with E-state index in [2.05, 4.69) is 38.1 Å². The first-order valence-electron chi connectivity index (χ1n) is 3.26. The molecule has 0 N–H and O–H groups in total. The van der Waals surface area contributed by atoms with Crippen LogP contribution >= 0.6 is 0 Å². The van der Waals surface area contributed by atoms with Crippen molar-refractivity contribution in [1.82, 2.24) is 0 Å². The van der Waals surface area contributed by atoms with Crippen molar-refractivity contribution < 1.29 is 4.79 Å². The minimum absolute atomic E-state index is 0.500. The summed E-state index contributed by atoms with van der Waals surface area (Å²) in [7, 11) is 0. The topological polar surface area (TPSA) is 39.4 Å². The lowest BCUT2D eigenvalue weighted by molar-refractivity contribution is 0.569. The Balaban J connectivity index is 0.000000292. The molecule has 0 atom stereocenters. The number of benzene rings is 1. The van der Waals surface area contributed by atoms with Gasteiger partial charge in [-0.05, 0) is 31.1 Å². The Kier molecular flexibility index (Phi) is 4.70. The fourth-order valence-electron chi connectivity index (χ4n) is 0.663. The Labute approximate surface area is 66.4 Å². The summed E-state index contributed by atoms with van der Waals surface area (Å²) in [5, 5.41) is 6.76. The van der Waals surface area contributed by atoms with Crippen molar-refractivity contribution in [2.24, 2.45) is 0 Å². The van der Waals surface area contributed by atoms with Crippen molar-refractivity contribution in [2.45, 2.75) is 13.8 Å². The zero-order valence-corrected chi connectivity index (χ0v) is 6.66. The van der Waals surface area contributed by atoms with Crippen LogP contribution in [0.2, 0.25) is 0 Å². The van der Waals surface area contributed by atoms with E-state index in [0.29, 0.717) is 6.08 Å². The maximum absolute atomic E-state index is 8.24. The van der Waals surface area contributed by atoms with Gasteiger partial charge in [-0.3, -0.25) is 4.79 Å². The Morgan fingerprint density at radius 3 is 1.64 bits per heavy atom. The van der Waals surface area contributed by atoms with Gasteiger partial charge in [0.05, 0.1) is 0 Å². The van der Waals surface area contributed by atoms with Crippen molar-refractivity contribution in [3.63, 3.8) is 0 Å². The number of rotatable bonds is 0. The molecule has 0 bridgehead atoms. The largest absolute Gasteiger partial charge is 0.724 e. The fraction of sp³-hybridized carbons (Fsp3) is 0.222. The van der Waals surface area contributed by atoms with E-state index in [-0.39, 0.29) is 0 Å². The van der Waals surface area contributed by atoms with Crippen LogP contribution < -0.4 is 0 Å². The van der Waals surface area contributed by atoms with Gasteiger partial charge in [-0.25, -0.2) is 0 Å². The third-order valence-electron chi connectivity index (χ3n) is 1.43. The fourth-order valence-corrected chi connectivity index (χ4v) is 0.663. The number of nitrogens with zero attached hydrogens (tertiary/aromatic N) is 1. The van der Waals surface area contributed by atoms with Gasteiger partial charge in [0, 0.05) is 0 Å². The van der Waals surface area contributed by atoms with Gasteiger partial charge < -0.3 is 5.41 Å². The summed E-state index contributed by atoms with van der Waals surface area (Å²) < 4.78 is 0. The molecule has 0 radical (unpaired) electrons. The van der Waals surface area contributed by atoms with Gasteiger partial charge >= 0.3 is 0 Å². The van der Waals surface area contributed by atoms with Crippen LogP contribution in [-0.2, 0) is 4.79 Å². The molecule has 11 heavy (non-hydrogen) atoms. The summed E-state index contributed by atoms with van der Waals surface area (Å²) in [5.74, 6) is 0.